The van der Waals surface area contributed by atoms with Crippen LogP contribution in [-0.4, -0.2) is 299 Å². The summed E-state index contributed by atoms with van der Waals surface area (Å²) < 4.78 is 0. The molecule has 0 unspecified atom stereocenters. The van der Waals surface area contributed by atoms with Crippen molar-refractivity contribution < 1.29 is 97.1 Å². The third-order valence-electron chi connectivity index (χ3n) is 24.0. The number of aromatic hydroxyl groups is 2. The number of aliphatic hydroxyl groups excluding tert-OH is 2. The highest BCUT2D eigenvalue weighted by atomic mass is 32.2. The van der Waals surface area contributed by atoms with Crippen LogP contribution in [0.4, 0.5) is 0 Å². The number of likely N-dealkylation sites (N-methyl/N-ethyl adjacent to an activating group) is 3. The van der Waals surface area contributed by atoms with Crippen LogP contribution >= 0.6 is 23.5 Å². The first-order valence-corrected chi connectivity index (χ1v) is 47.2. The lowest BCUT2D eigenvalue weighted by atomic mass is 9.98. The minimum atomic E-state index is -1.88. The average molecular weight is 1900 g/mol. The number of nitrogens with zero attached hydrogens (tertiary/aromatic N) is 5. The SMILES string of the molecule is CSCC[C@H]1C(=O)N2C[C@H](O)C[C@H]2C(=O)N[C@@H](CC(N)=O)C(=O)N[C@@H](C(C)C)C(=O)N(C)[C@H](Cc2ccccc2)C(=O)N[C@@H](Cc2ccc(O)cc2)C(=O)N2C[C@H](O)C[C@H]2C(=O)N[C@@H](Cc2c[nH]c3ccccc23)C(=O)N[C@@H](Cc2ccc(O)cc2)C(=O)N[C@H](CC(C)C)C(=O)N[C@H](C(=O)NCC(N)=O)CSCC(=O)N[C@H](Cc2ccccc2)C(=O)N(C)[C@@H](Cc2ccccc2)C(=O)N1C. The Labute approximate surface area is 790 Å². The highest BCUT2D eigenvalue weighted by molar-refractivity contribution is 8.00. The largest absolute Gasteiger partial charge is 0.508 e. The second-order valence-corrected chi connectivity index (χ2v) is 37.1. The van der Waals surface area contributed by atoms with Gasteiger partial charge in [0.05, 0.1) is 30.9 Å². The van der Waals surface area contributed by atoms with E-state index in [1.807, 2.05) is 0 Å². The van der Waals surface area contributed by atoms with E-state index in [-0.39, 0.29) is 74.5 Å². The Kier molecular flexibility index (Phi) is 37.6. The number of aromatic amines is 1. The number of aromatic nitrogens is 1. The molecule has 18 N–H and O–H groups in total. The molecule has 722 valence electrons. The minimum Gasteiger partial charge on any atom is -0.508 e. The van der Waals surface area contributed by atoms with Crippen LogP contribution in [0.3, 0.4) is 0 Å². The zero-order valence-electron chi connectivity index (χ0n) is 76.5. The van der Waals surface area contributed by atoms with Crippen LogP contribution in [0.25, 0.3) is 10.9 Å². The van der Waals surface area contributed by atoms with Crippen molar-refractivity contribution in [3.05, 3.63) is 203 Å². The monoisotopic (exact) mass is 1900 g/mol. The molecule has 135 heavy (non-hydrogen) atoms. The number of thioether (sulfide) groups is 2. The van der Waals surface area contributed by atoms with E-state index in [2.05, 4.69) is 52.8 Å². The zero-order chi connectivity index (χ0) is 98.0. The normalized spacial score (nSPS) is 24.5. The van der Waals surface area contributed by atoms with Gasteiger partial charge in [0.2, 0.25) is 94.5 Å². The first-order chi connectivity index (χ1) is 64.3. The summed E-state index contributed by atoms with van der Waals surface area (Å²) >= 11 is 2.13. The van der Waals surface area contributed by atoms with E-state index >= 15 is 57.5 Å². The number of carbonyl (C=O) groups excluding carboxylic acids is 16. The lowest BCUT2D eigenvalue weighted by Crippen LogP contribution is -2.62. The molecule has 16 amide bonds. The third kappa shape index (κ3) is 29.1. The number of nitrogens with two attached hydrogens (primary N) is 2. The van der Waals surface area contributed by atoms with Crippen molar-refractivity contribution in [3.63, 3.8) is 0 Å². The maximum absolute atomic E-state index is 15.8. The lowest BCUT2D eigenvalue weighted by Gasteiger charge is -2.38. The molecular formula is C96H121N17O20S2. The van der Waals surface area contributed by atoms with Crippen LogP contribution in [-0.2, 0) is 115 Å². The Bertz CT molecular complexity index is 5350. The molecule has 39 heteroatoms. The number of hydrogen-bond acceptors (Lipinski definition) is 22. The molecule has 6 aromatic carbocycles. The summed E-state index contributed by atoms with van der Waals surface area (Å²) in [7, 11) is 3.98. The van der Waals surface area contributed by atoms with Crippen molar-refractivity contribution in [1.29, 1.82) is 0 Å². The topological polar surface area (TPSA) is 546 Å². The fraction of sp³-hybridized carbons (Fsp3) is 0.438. The van der Waals surface area contributed by atoms with Gasteiger partial charge in [0, 0.05) is 108 Å². The Hall–Kier alpha value is -13.4. The maximum atomic E-state index is 15.8. The van der Waals surface area contributed by atoms with Gasteiger partial charge in [-0.2, -0.15) is 11.8 Å². The van der Waals surface area contributed by atoms with Gasteiger partial charge in [-0.15, -0.1) is 11.8 Å². The van der Waals surface area contributed by atoms with Gasteiger partial charge in [0.1, 0.15) is 90.0 Å². The number of amides is 16. The number of phenolic OH excluding ortho intramolecular Hbond substituents is 2. The summed E-state index contributed by atoms with van der Waals surface area (Å²) in [5.74, 6) is -17.3. The molecule has 0 spiro atoms. The zero-order valence-corrected chi connectivity index (χ0v) is 78.2. The van der Waals surface area contributed by atoms with E-state index in [4.69, 9.17) is 11.5 Å². The number of nitrogens with one attached hydrogen (secondary N) is 10. The van der Waals surface area contributed by atoms with Crippen LogP contribution in [0.2, 0.25) is 0 Å². The first-order valence-electron chi connectivity index (χ1n) is 44.7. The Morgan fingerprint density at radius 1 is 0.459 bits per heavy atom. The van der Waals surface area contributed by atoms with Crippen LogP contribution in [0, 0.1) is 11.8 Å². The number of primary amides is 2. The fourth-order valence-corrected chi connectivity index (χ4v) is 18.1. The number of aliphatic hydroxyl groups is 2. The van der Waals surface area contributed by atoms with Gasteiger partial charge < -0.3 is 109 Å². The molecule has 15 atom stereocenters. The molecule has 0 saturated carbocycles. The molecule has 10 rings (SSSR count). The van der Waals surface area contributed by atoms with E-state index in [1.165, 1.54) is 81.4 Å². The van der Waals surface area contributed by atoms with E-state index < -0.39 is 242 Å². The number of benzene rings is 6. The van der Waals surface area contributed by atoms with Gasteiger partial charge in [-0.25, -0.2) is 0 Å². The number of hydrogen-bond donors (Lipinski definition) is 16. The van der Waals surface area contributed by atoms with E-state index in [9.17, 15) is 39.6 Å². The third-order valence-corrected chi connectivity index (χ3v) is 25.7. The van der Waals surface area contributed by atoms with Gasteiger partial charge in [-0.3, -0.25) is 76.7 Å². The molecule has 3 aliphatic rings. The van der Waals surface area contributed by atoms with Gasteiger partial charge in [-0.05, 0) is 100 Å². The highest BCUT2D eigenvalue weighted by Crippen LogP contribution is 2.29. The second kappa shape index (κ2) is 49.0. The van der Waals surface area contributed by atoms with E-state index in [1.54, 1.807) is 155 Å². The summed E-state index contributed by atoms with van der Waals surface area (Å²) in [6.45, 7) is 4.92. The van der Waals surface area contributed by atoms with Crippen LogP contribution < -0.4 is 59.3 Å². The summed E-state index contributed by atoms with van der Waals surface area (Å²) in [4.78, 5) is 248. The predicted octanol–water partition coefficient (Wildman–Crippen LogP) is 0.297. The van der Waals surface area contributed by atoms with Crippen molar-refractivity contribution in [2.24, 2.45) is 23.3 Å². The molecule has 3 fully saturated rings. The number of phenols is 2. The van der Waals surface area contributed by atoms with Gasteiger partial charge in [0.15, 0.2) is 0 Å². The fourth-order valence-electron chi connectivity index (χ4n) is 16.8. The number of rotatable bonds is 23. The smallest absolute Gasteiger partial charge is 0.246 e. The number of fused-ring (bicyclic) bond motifs is 3. The molecule has 3 aliphatic heterocycles. The van der Waals surface area contributed by atoms with Crippen LogP contribution in [0.15, 0.2) is 170 Å². The Morgan fingerprint density at radius 3 is 1.44 bits per heavy atom. The molecule has 0 bridgehead atoms. The number of H-pyrrole nitrogens is 1. The van der Waals surface area contributed by atoms with Crippen molar-refractivity contribution in [2.75, 3.05) is 64.3 Å². The molecule has 0 radical (unpaired) electrons. The van der Waals surface area contributed by atoms with Crippen molar-refractivity contribution >= 4 is 129 Å². The average Bonchev–Trinajstić information content (AvgIpc) is 1.72. The summed E-state index contributed by atoms with van der Waals surface area (Å²) in [6, 6.07) is 23.3. The van der Waals surface area contributed by atoms with Crippen molar-refractivity contribution in [3.8, 4) is 11.5 Å². The lowest BCUT2D eigenvalue weighted by molar-refractivity contribution is -0.152. The Balaban J connectivity index is 1.06. The quantitative estimate of drug-likeness (QED) is 0.0409. The maximum Gasteiger partial charge on any atom is 0.246 e. The highest BCUT2D eigenvalue weighted by Gasteiger charge is 2.48. The van der Waals surface area contributed by atoms with E-state index in [0.29, 0.717) is 44.3 Å². The van der Waals surface area contributed by atoms with Gasteiger partial charge in [0.25, 0.3) is 0 Å². The first kappa shape index (κ1) is 104. The van der Waals surface area contributed by atoms with Crippen LogP contribution in [0.5, 0.6) is 11.5 Å². The minimum absolute atomic E-state index is 0.0584. The molecule has 3 saturated heterocycles. The molecule has 4 heterocycles. The second-order valence-electron chi connectivity index (χ2n) is 35.1. The van der Waals surface area contributed by atoms with Crippen molar-refractivity contribution in [2.45, 2.75) is 189 Å². The molecule has 37 nitrogen and oxygen atoms in total. The number of carbonyl (C=O) groups is 16. The summed E-state index contributed by atoms with van der Waals surface area (Å²) in [5.41, 5.74) is 14.8. The van der Waals surface area contributed by atoms with Gasteiger partial charge in [-0.1, -0.05) is 161 Å². The van der Waals surface area contributed by atoms with Gasteiger partial charge >= 0.3 is 0 Å². The van der Waals surface area contributed by atoms with Crippen molar-refractivity contribution in [1.82, 2.24) is 77.3 Å². The van der Waals surface area contributed by atoms with E-state index in [0.717, 1.165) is 36.3 Å². The molecule has 7 aromatic rings. The summed E-state index contributed by atoms with van der Waals surface area (Å²) in [5, 5.41) is 68.9. The summed E-state index contributed by atoms with van der Waals surface area (Å²) in [6.07, 6.45) is -2.87. The van der Waals surface area contributed by atoms with Crippen LogP contribution in [0.1, 0.15) is 93.2 Å². The predicted molar refractivity (Wildman–Crippen MR) is 504 cm³/mol. The Morgan fingerprint density at radius 2 is 0.904 bits per heavy atom. The molecule has 1 aromatic heterocycles. The standard InChI is InChI=1S/C96H121N17O20S2/c1-54(2)38-68-85(122)107-74(84(121)100-49-81(98)119)52-135-53-82(120)101-72(40-56-20-12-9-13-21-56)92(129)111(7)79(43-58-24-16-11-17-25-58)94(131)109(5)75(36-37-134-8)95(132)113-51-65(117)46-78(113)91(128)105-71(47-80(97)118)88(125)108-83(55(3)4)96(133)110(6)76(42-57-22-14-10-15-23-57)89(126)106-73(41-60-30-34-63(115)35-31-60)93(130)112-50-64(116)45-77(112)90(127)104-70(44-61-48-99-67-27-19-18-26-66(61)67)87(124)103-69(86(123)102-68)39-59-28-32-62(114)33-29-59/h9-35,48,54-55,64-65,68-79,83,99,114-117H,36-47,49-53H2,1-8H3,(H2,97,118)(H2,98,119)(H,100,121)(H,101,120)(H,102,123)(H,103,124)(H,104,127)(H,105,128)(H,106,126)(H,107,122)(H,108,125)/t64-,65-,68-,69+,70+,71+,72-,73+,74+,75+,76-,77+,78+,79+,83+/m1/s1. The molecular weight excluding hydrogens is 1780 g/mol. The molecule has 0 aliphatic carbocycles. The number of para-hydroxylation sites is 1.